The van der Waals surface area contributed by atoms with Crippen LogP contribution in [-0.4, -0.2) is 29.5 Å². The van der Waals surface area contributed by atoms with Crippen LogP contribution >= 0.6 is 23.2 Å². The van der Waals surface area contributed by atoms with Crippen LogP contribution in [0.15, 0.2) is 0 Å². The zero-order chi connectivity index (χ0) is 19.5. The van der Waals surface area contributed by atoms with E-state index in [9.17, 15) is 0 Å². The third kappa shape index (κ3) is 7.49. The molecule has 0 spiro atoms. The van der Waals surface area contributed by atoms with Gasteiger partial charge in [-0.2, -0.15) is 0 Å². The summed E-state index contributed by atoms with van der Waals surface area (Å²) < 4.78 is 0. The largest absolute Gasteiger partial charge is 0.312 e. The minimum atomic E-state index is -0.486. The number of nitrogens with one attached hydrogen (secondary N) is 2. The van der Waals surface area contributed by atoms with Crippen molar-refractivity contribution in [3.8, 4) is 0 Å². The first-order valence-corrected chi connectivity index (χ1v) is 12.1. The number of rotatable bonds is 14. The zero-order valence-electron chi connectivity index (χ0n) is 17.8. The topological polar surface area (TPSA) is 24.1 Å². The second kappa shape index (κ2) is 12.9. The highest BCUT2D eigenvalue weighted by molar-refractivity contribution is 6.32. The summed E-state index contributed by atoms with van der Waals surface area (Å²) in [6, 6.07) is 0.303. The maximum absolute atomic E-state index is 7.23. The Morgan fingerprint density at radius 2 is 1.38 bits per heavy atom. The van der Waals surface area contributed by atoms with Gasteiger partial charge in [0.1, 0.15) is 5.00 Å². The third-order valence-corrected chi connectivity index (χ3v) is 7.37. The number of hydrogen-bond donors (Lipinski definition) is 2. The maximum Gasteiger partial charge on any atom is 0.112 e. The van der Waals surface area contributed by atoms with Gasteiger partial charge in [0.25, 0.3) is 0 Å². The molecule has 1 aliphatic carbocycles. The van der Waals surface area contributed by atoms with Gasteiger partial charge in [-0.15, -0.1) is 23.2 Å². The third-order valence-electron chi connectivity index (χ3n) is 6.08. The lowest BCUT2D eigenvalue weighted by molar-refractivity contribution is 0.0836. The summed E-state index contributed by atoms with van der Waals surface area (Å²) in [5.74, 6) is 0. The lowest BCUT2D eigenvalue weighted by Gasteiger charge is -2.52. The summed E-state index contributed by atoms with van der Waals surface area (Å²) in [4.78, 5) is -0.486. The van der Waals surface area contributed by atoms with Gasteiger partial charge in [-0.1, -0.05) is 66.2 Å². The lowest BCUT2D eigenvalue weighted by atomic mass is 9.64. The van der Waals surface area contributed by atoms with Gasteiger partial charge in [0, 0.05) is 6.04 Å². The van der Waals surface area contributed by atoms with Gasteiger partial charge >= 0.3 is 0 Å². The second-order valence-electron chi connectivity index (χ2n) is 8.55. The minimum absolute atomic E-state index is 0.0609. The fourth-order valence-electron chi connectivity index (χ4n) is 4.49. The van der Waals surface area contributed by atoms with Crippen LogP contribution in [-0.2, 0) is 0 Å². The predicted molar refractivity (Wildman–Crippen MR) is 119 cm³/mol. The van der Waals surface area contributed by atoms with Gasteiger partial charge in [0.05, 0.1) is 5.38 Å². The SMILES string of the molecule is CCCCNC1CC(CCCC)(CCCC)CC(Cl)(NCCCC)C1Cl. The molecule has 0 radical (unpaired) electrons. The van der Waals surface area contributed by atoms with E-state index >= 15 is 0 Å². The van der Waals surface area contributed by atoms with E-state index in [4.69, 9.17) is 23.2 Å². The summed E-state index contributed by atoms with van der Waals surface area (Å²) in [5.41, 5.74) is 0.322. The van der Waals surface area contributed by atoms with Crippen LogP contribution in [0.25, 0.3) is 0 Å². The monoisotopic (exact) mass is 406 g/mol. The van der Waals surface area contributed by atoms with Gasteiger partial charge < -0.3 is 5.32 Å². The molecular formula is C22H44Cl2N2. The highest BCUT2D eigenvalue weighted by Crippen LogP contribution is 2.51. The minimum Gasteiger partial charge on any atom is -0.312 e. The van der Waals surface area contributed by atoms with E-state index in [1.54, 1.807) is 0 Å². The van der Waals surface area contributed by atoms with Crippen molar-refractivity contribution in [3.05, 3.63) is 0 Å². The Bertz CT molecular complexity index is 356. The Kier molecular flexibility index (Phi) is 12.1. The highest BCUT2D eigenvalue weighted by atomic mass is 35.5. The van der Waals surface area contributed by atoms with Crippen LogP contribution in [0.4, 0.5) is 0 Å². The fourth-order valence-corrected chi connectivity index (χ4v) is 5.35. The number of alkyl halides is 2. The van der Waals surface area contributed by atoms with Crippen molar-refractivity contribution < 1.29 is 0 Å². The van der Waals surface area contributed by atoms with Crippen molar-refractivity contribution in [3.63, 3.8) is 0 Å². The lowest BCUT2D eigenvalue weighted by Crippen LogP contribution is -2.63. The van der Waals surface area contributed by atoms with Crippen LogP contribution < -0.4 is 10.6 Å². The predicted octanol–water partition coefficient (Wildman–Crippen LogP) is 6.84. The molecule has 2 N–H and O–H groups in total. The Morgan fingerprint density at radius 1 is 0.846 bits per heavy atom. The molecule has 2 nitrogen and oxygen atoms in total. The Morgan fingerprint density at radius 3 is 1.92 bits per heavy atom. The van der Waals surface area contributed by atoms with E-state index in [0.29, 0.717) is 11.5 Å². The first-order chi connectivity index (χ1) is 12.5. The van der Waals surface area contributed by atoms with Gasteiger partial charge in [-0.3, -0.25) is 5.32 Å². The van der Waals surface area contributed by atoms with E-state index in [0.717, 1.165) is 25.9 Å². The molecule has 0 bridgehead atoms. The quantitative estimate of drug-likeness (QED) is 0.187. The van der Waals surface area contributed by atoms with Gasteiger partial charge in [0.2, 0.25) is 0 Å². The van der Waals surface area contributed by atoms with Gasteiger partial charge in [0.15, 0.2) is 0 Å². The fraction of sp³-hybridized carbons (Fsp3) is 1.00. The summed E-state index contributed by atoms with van der Waals surface area (Å²) >= 11 is 14.2. The highest BCUT2D eigenvalue weighted by Gasteiger charge is 2.52. The van der Waals surface area contributed by atoms with Gasteiger partial charge in [-0.25, -0.2) is 0 Å². The van der Waals surface area contributed by atoms with Crippen LogP contribution in [0.5, 0.6) is 0 Å². The molecule has 0 saturated heterocycles. The molecule has 0 aliphatic heterocycles. The standard InChI is InChI=1S/C22H44Cl2N2/c1-5-9-13-21(14-10-6-2)17-19(25-15-11-7-3)20(23)22(24,18-21)26-16-12-8-4/h19-20,25-26H,5-18H2,1-4H3. The first kappa shape index (κ1) is 24.5. The maximum atomic E-state index is 7.23. The molecular weight excluding hydrogens is 363 g/mol. The van der Waals surface area contributed by atoms with Crippen molar-refractivity contribution in [1.29, 1.82) is 0 Å². The molecule has 0 amide bonds. The molecule has 3 atom stereocenters. The number of hydrogen-bond acceptors (Lipinski definition) is 2. The van der Waals surface area contributed by atoms with Crippen molar-refractivity contribution in [2.24, 2.45) is 5.41 Å². The summed E-state index contributed by atoms with van der Waals surface area (Å²) in [5, 5.41) is 7.38. The van der Waals surface area contributed by atoms with Crippen molar-refractivity contribution in [2.45, 2.75) is 121 Å². The molecule has 0 aromatic carbocycles. The molecule has 0 aromatic rings. The molecule has 0 aromatic heterocycles. The number of unbranched alkanes of at least 4 members (excludes halogenated alkanes) is 4. The molecule has 1 rings (SSSR count). The molecule has 3 unspecified atom stereocenters. The van der Waals surface area contributed by atoms with Crippen LogP contribution in [0.3, 0.4) is 0 Å². The van der Waals surface area contributed by atoms with E-state index < -0.39 is 5.00 Å². The smallest absolute Gasteiger partial charge is 0.112 e. The number of halogens is 2. The van der Waals surface area contributed by atoms with Crippen molar-refractivity contribution in [2.75, 3.05) is 13.1 Å². The molecule has 1 saturated carbocycles. The van der Waals surface area contributed by atoms with Crippen molar-refractivity contribution in [1.82, 2.24) is 10.6 Å². The molecule has 1 fully saturated rings. The average Bonchev–Trinajstić information content (AvgIpc) is 2.63. The summed E-state index contributed by atoms with van der Waals surface area (Å²) in [6.45, 7) is 11.1. The summed E-state index contributed by atoms with van der Waals surface area (Å²) in [6.07, 6.45) is 14.6. The summed E-state index contributed by atoms with van der Waals surface area (Å²) in [7, 11) is 0. The Balaban J connectivity index is 2.98. The van der Waals surface area contributed by atoms with E-state index in [1.807, 2.05) is 0 Å². The van der Waals surface area contributed by atoms with Crippen LogP contribution in [0.2, 0.25) is 0 Å². The Hall–Kier alpha value is 0.500. The van der Waals surface area contributed by atoms with Crippen LogP contribution in [0.1, 0.15) is 105 Å². The van der Waals surface area contributed by atoms with E-state index in [-0.39, 0.29) is 5.38 Å². The molecule has 26 heavy (non-hydrogen) atoms. The molecule has 4 heteroatoms. The van der Waals surface area contributed by atoms with E-state index in [2.05, 4.69) is 38.3 Å². The van der Waals surface area contributed by atoms with Gasteiger partial charge in [-0.05, 0) is 57.0 Å². The second-order valence-corrected chi connectivity index (χ2v) is 9.69. The average molecular weight is 408 g/mol. The molecule has 156 valence electrons. The van der Waals surface area contributed by atoms with Crippen molar-refractivity contribution >= 4 is 23.2 Å². The molecule has 1 aliphatic rings. The zero-order valence-corrected chi connectivity index (χ0v) is 19.3. The van der Waals surface area contributed by atoms with Crippen LogP contribution in [0, 0.1) is 5.41 Å². The molecule has 0 heterocycles. The Labute approximate surface area is 173 Å². The van der Waals surface area contributed by atoms with E-state index in [1.165, 1.54) is 64.2 Å². The normalized spacial score (nSPS) is 28.4. The first-order valence-electron chi connectivity index (χ1n) is 11.3.